The maximum atomic E-state index is 11.8. The first-order valence-electron chi connectivity index (χ1n) is 6.67. The van der Waals surface area contributed by atoms with Crippen molar-refractivity contribution in [3.05, 3.63) is 4.88 Å². The minimum absolute atomic E-state index is 0.114. The van der Waals surface area contributed by atoms with Crippen LogP contribution >= 0.6 is 23.1 Å². The van der Waals surface area contributed by atoms with E-state index < -0.39 is 0 Å². The lowest BCUT2D eigenvalue weighted by molar-refractivity contribution is 0.0968. The number of hydrogen-bond acceptors (Lipinski definition) is 6. The van der Waals surface area contributed by atoms with Gasteiger partial charge in [0.1, 0.15) is 9.88 Å². The predicted octanol–water partition coefficient (Wildman–Crippen LogP) is 1.78. The Morgan fingerprint density at radius 2 is 2.35 bits per heavy atom. The topological polar surface area (TPSA) is 70.4 Å². The Morgan fingerprint density at radius 1 is 1.60 bits per heavy atom. The van der Waals surface area contributed by atoms with Crippen LogP contribution in [0.4, 0.5) is 10.7 Å². The zero-order valence-electron chi connectivity index (χ0n) is 12.2. The van der Waals surface area contributed by atoms with Crippen LogP contribution in [-0.2, 0) is 0 Å². The highest BCUT2D eigenvalue weighted by atomic mass is 32.2. The van der Waals surface area contributed by atoms with E-state index in [4.69, 9.17) is 5.73 Å². The van der Waals surface area contributed by atoms with Gasteiger partial charge in [-0.1, -0.05) is 0 Å². The van der Waals surface area contributed by atoms with E-state index in [9.17, 15) is 4.79 Å². The Balaban J connectivity index is 2.08. The monoisotopic (exact) mass is 314 g/mol. The minimum Gasteiger partial charge on any atom is -0.396 e. The molecule has 0 radical (unpaired) electrons. The average molecular weight is 314 g/mol. The van der Waals surface area contributed by atoms with Gasteiger partial charge < -0.3 is 21.3 Å². The number of likely N-dealkylation sites (tertiary alicyclic amines) is 1. The van der Waals surface area contributed by atoms with Crippen LogP contribution in [0.2, 0.25) is 0 Å². The number of anilines is 2. The molecule has 7 heteroatoms. The van der Waals surface area contributed by atoms with Gasteiger partial charge in [-0.15, -0.1) is 23.1 Å². The molecule has 1 fully saturated rings. The summed E-state index contributed by atoms with van der Waals surface area (Å²) in [6, 6.07) is 0. The van der Waals surface area contributed by atoms with Gasteiger partial charge in [0.15, 0.2) is 0 Å². The second-order valence-corrected chi connectivity index (χ2v) is 6.92. The van der Waals surface area contributed by atoms with Crippen molar-refractivity contribution in [2.75, 3.05) is 51.0 Å². The molecule has 0 aromatic carbocycles. The number of nitrogens with one attached hydrogen (secondary N) is 2. The van der Waals surface area contributed by atoms with E-state index in [2.05, 4.69) is 22.6 Å². The zero-order valence-corrected chi connectivity index (χ0v) is 13.8. The number of carbonyl (C=O) groups is 1. The summed E-state index contributed by atoms with van der Waals surface area (Å²) in [4.78, 5) is 15.7. The van der Waals surface area contributed by atoms with Crippen molar-refractivity contribution < 1.29 is 4.79 Å². The second kappa shape index (κ2) is 6.69. The molecule has 5 nitrogen and oxygen atoms in total. The first kappa shape index (κ1) is 15.5. The molecule has 4 N–H and O–H groups in total. The molecule has 0 spiro atoms. The largest absolute Gasteiger partial charge is 0.396 e. The van der Waals surface area contributed by atoms with Crippen LogP contribution in [0.5, 0.6) is 0 Å². The molecule has 2 heterocycles. The predicted molar refractivity (Wildman–Crippen MR) is 88.0 cm³/mol. The van der Waals surface area contributed by atoms with E-state index in [0.717, 1.165) is 29.5 Å². The van der Waals surface area contributed by atoms with E-state index in [-0.39, 0.29) is 5.91 Å². The van der Waals surface area contributed by atoms with Gasteiger partial charge in [0.2, 0.25) is 0 Å². The highest BCUT2D eigenvalue weighted by Gasteiger charge is 2.22. The Labute approximate surface area is 128 Å². The van der Waals surface area contributed by atoms with Crippen molar-refractivity contribution in [2.45, 2.75) is 11.3 Å². The molecule has 1 unspecified atom stereocenters. The highest BCUT2D eigenvalue weighted by molar-refractivity contribution is 7.99. The van der Waals surface area contributed by atoms with Gasteiger partial charge >= 0.3 is 0 Å². The third-order valence-electron chi connectivity index (χ3n) is 3.58. The fourth-order valence-corrected chi connectivity index (χ4v) is 4.45. The number of rotatable bonds is 5. The van der Waals surface area contributed by atoms with Crippen LogP contribution in [-0.4, -0.2) is 50.8 Å². The van der Waals surface area contributed by atoms with Crippen LogP contribution in [0.1, 0.15) is 16.1 Å². The third-order valence-corrected chi connectivity index (χ3v) is 5.70. The highest BCUT2D eigenvalue weighted by Crippen LogP contribution is 2.41. The summed E-state index contributed by atoms with van der Waals surface area (Å²) in [5.41, 5.74) is 6.67. The fourth-order valence-electron chi connectivity index (χ4n) is 2.46. The number of carbonyl (C=O) groups excluding carboxylic acids is 1. The number of amides is 1. The van der Waals surface area contributed by atoms with E-state index in [1.807, 2.05) is 6.26 Å². The molecule has 1 aromatic rings. The van der Waals surface area contributed by atoms with Crippen LogP contribution in [0.25, 0.3) is 0 Å². The number of nitrogen functional groups attached to an aromatic ring is 1. The summed E-state index contributed by atoms with van der Waals surface area (Å²) >= 11 is 3.03. The molecule has 2 rings (SSSR count). The molecule has 1 saturated heterocycles. The average Bonchev–Trinajstić information content (AvgIpc) is 2.99. The SMILES string of the molecule is CNC(=O)c1sc(NCC2CCN(C)C2)c(SC)c1N. The molecule has 20 heavy (non-hydrogen) atoms. The maximum absolute atomic E-state index is 11.8. The van der Waals surface area contributed by atoms with Crippen molar-refractivity contribution >= 4 is 39.7 Å². The Bertz CT molecular complexity index is 489. The van der Waals surface area contributed by atoms with Gasteiger partial charge in [-0.2, -0.15) is 0 Å². The molecule has 1 atom stereocenters. The summed E-state index contributed by atoms with van der Waals surface area (Å²) < 4.78 is 0. The van der Waals surface area contributed by atoms with Crippen LogP contribution in [0.3, 0.4) is 0 Å². The molecular weight excluding hydrogens is 292 g/mol. The molecule has 0 bridgehead atoms. The number of thioether (sulfide) groups is 1. The molecule has 112 valence electrons. The molecule has 1 amide bonds. The van der Waals surface area contributed by atoms with E-state index >= 15 is 0 Å². The quantitative estimate of drug-likeness (QED) is 0.723. The van der Waals surface area contributed by atoms with Gasteiger partial charge in [-0.3, -0.25) is 4.79 Å². The van der Waals surface area contributed by atoms with Crippen LogP contribution < -0.4 is 16.4 Å². The van der Waals surface area contributed by atoms with Crippen molar-refractivity contribution in [1.82, 2.24) is 10.2 Å². The number of nitrogens with zero attached hydrogens (tertiary/aromatic N) is 1. The van der Waals surface area contributed by atoms with E-state index in [1.165, 1.54) is 17.8 Å². The summed E-state index contributed by atoms with van der Waals surface area (Å²) in [6.07, 6.45) is 3.21. The van der Waals surface area contributed by atoms with E-state index in [0.29, 0.717) is 16.5 Å². The lowest BCUT2D eigenvalue weighted by Crippen LogP contribution is -2.19. The number of hydrogen-bond donors (Lipinski definition) is 3. The van der Waals surface area contributed by atoms with Gasteiger partial charge in [0.05, 0.1) is 10.6 Å². The molecule has 1 aliphatic rings. The van der Waals surface area contributed by atoms with Crippen LogP contribution in [0, 0.1) is 5.92 Å². The van der Waals surface area contributed by atoms with Crippen molar-refractivity contribution in [3.8, 4) is 0 Å². The normalized spacial score (nSPS) is 19.2. The maximum Gasteiger partial charge on any atom is 0.263 e. The summed E-state index contributed by atoms with van der Waals surface area (Å²) in [5, 5.41) is 7.13. The Morgan fingerprint density at radius 3 is 2.90 bits per heavy atom. The third kappa shape index (κ3) is 3.21. The second-order valence-electron chi connectivity index (χ2n) is 5.08. The summed E-state index contributed by atoms with van der Waals surface area (Å²) in [5.74, 6) is 0.554. The lowest BCUT2D eigenvalue weighted by atomic mass is 10.1. The smallest absolute Gasteiger partial charge is 0.263 e. The molecule has 0 saturated carbocycles. The Hall–Kier alpha value is -0.920. The van der Waals surface area contributed by atoms with Gasteiger partial charge in [-0.25, -0.2) is 0 Å². The first-order valence-corrected chi connectivity index (χ1v) is 8.71. The van der Waals surface area contributed by atoms with E-state index in [1.54, 1.807) is 18.8 Å². The molecule has 0 aliphatic carbocycles. The molecule has 1 aromatic heterocycles. The zero-order chi connectivity index (χ0) is 14.7. The minimum atomic E-state index is -0.114. The van der Waals surface area contributed by atoms with Crippen molar-refractivity contribution in [3.63, 3.8) is 0 Å². The fraction of sp³-hybridized carbons (Fsp3) is 0.615. The number of thiophene rings is 1. The first-order chi connectivity index (χ1) is 9.56. The molecule has 1 aliphatic heterocycles. The summed E-state index contributed by atoms with van der Waals surface area (Å²) in [7, 11) is 3.78. The Kier molecular flexibility index (Phi) is 5.17. The van der Waals surface area contributed by atoms with Crippen LogP contribution in [0.15, 0.2) is 4.90 Å². The standard InChI is InChI=1S/C13H22N4OS2/c1-15-12(18)10-9(14)11(19-3)13(20-10)16-6-8-4-5-17(2)7-8/h8,16H,4-7,14H2,1-3H3,(H,15,18). The molecular formula is C13H22N4OS2. The summed E-state index contributed by atoms with van der Waals surface area (Å²) in [6.45, 7) is 3.23. The number of nitrogens with two attached hydrogens (primary N) is 1. The van der Waals surface area contributed by atoms with Crippen molar-refractivity contribution in [2.24, 2.45) is 5.92 Å². The van der Waals surface area contributed by atoms with Gasteiger partial charge in [0, 0.05) is 20.1 Å². The van der Waals surface area contributed by atoms with Gasteiger partial charge in [0.25, 0.3) is 5.91 Å². The van der Waals surface area contributed by atoms with Gasteiger partial charge in [-0.05, 0) is 32.2 Å². The van der Waals surface area contributed by atoms with Crippen molar-refractivity contribution in [1.29, 1.82) is 0 Å². The lowest BCUT2D eigenvalue weighted by Gasteiger charge is -2.12.